The van der Waals surface area contributed by atoms with Crippen molar-refractivity contribution in [2.45, 2.75) is 57.7 Å². The molecular weight excluding hydrogens is 580 g/mol. The van der Waals surface area contributed by atoms with Crippen molar-refractivity contribution in [1.29, 1.82) is 0 Å². The Labute approximate surface area is 238 Å². The minimum Gasteiger partial charge on any atom is -0.352 e. The van der Waals surface area contributed by atoms with E-state index in [1.165, 1.54) is 17.0 Å². The van der Waals surface area contributed by atoms with Gasteiger partial charge in [-0.2, -0.15) is 0 Å². The number of nitrogens with zero attached hydrogens (tertiary/aromatic N) is 2. The van der Waals surface area contributed by atoms with Gasteiger partial charge in [0.1, 0.15) is 12.6 Å². The predicted octanol–water partition coefficient (Wildman–Crippen LogP) is 5.93. The van der Waals surface area contributed by atoms with Crippen molar-refractivity contribution in [3.63, 3.8) is 0 Å². The third-order valence-corrected chi connectivity index (χ3v) is 8.88. The van der Waals surface area contributed by atoms with E-state index in [0.717, 1.165) is 42.7 Å². The number of carbonyl (C=O) groups is 2. The molecule has 1 N–H and O–H groups in total. The number of carbonyl (C=O) groups excluding carboxylic acids is 2. The molecule has 0 radical (unpaired) electrons. The summed E-state index contributed by atoms with van der Waals surface area (Å²) in [5, 5.41) is 3.69. The van der Waals surface area contributed by atoms with E-state index in [1.807, 2.05) is 0 Å². The van der Waals surface area contributed by atoms with E-state index in [4.69, 9.17) is 46.4 Å². The van der Waals surface area contributed by atoms with Crippen LogP contribution in [0.3, 0.4) is 0 Å². The molecule has 0 bridgehead atoms. The quantitative estimate of drug-likeness (QED) is 0.357. The molecule has 1 aliphatic rings. The number of amides is 2. The molecule has 1 fully saturated rings. The fourth-order valence-corrected chi connectivity index (χ4v) is 6.00. The van der Waals surface area contributed by atoms with E-state index in [9.17, 15) is 18.0 Å². The summed E-state index contributed by atoms with van der Waals surface area (Å²) in [6.07, 6.45) is 5.93. The molecule has 1 aliphatic carbocycles. The second-order valence-corrected chi connectivity index (χ2v) is 12.7. The molecule has 2 aromatic carbocycles. The Hall–Kier alpha value is -1.71. The molecule has 0 heterocycles. The summed E-state index contributed by atoms with van der Waals surface area (Å²) >= 11 is 24.8. The van der Waals surface area contributed by atoms with Crippen LogP contribution in [0.25, 0.3) is 0 Å². The first-order chi connectivity index (χ1) is 17.4. The van der Waals surface area contributed by atoms with Crippen LogP contribution in [0.15, 0.2) is 36.4 Å². The van der Waals surface area contributed by atoms with E-state index in [0.29, 0.717) is 10.6 Å². The summed E-state index contributed by atoms with van der Waals surface area (Å²) in [6.45, 7) is 1.01. The Morgan fingerprint density at radius 1 is 0.973 bits per heavy atom. The first kappa shape index (κ1) is 29.8. The number of benzene rings is 2. The molecular formula is C25H29Cl4N3O4S. The van der Waals surface area contributed by atoms with Gasteiger partial charge in [-0.3, -0.25) is 13.9 Å². The monoisotopic (exact) mass is 607 g/mol. The van der Waals surface area contributed by atoms with Gasteiger partial charge in [-0.05, 0) is 43.5 Å². The largest absolute Gasteiger partial charge is 0.352 e. The average Bonchev–Trinajstić information content (AvgIpc) is 2.84. The van der Waals surface area contributed by atoms with Crippen molar-refractivity contribution in [1.82, 2.24) is 10.2 Å². The summed E-state index contributed by atoms with van der Waals surface area (Å²) in [5.41, 5.74) is 0.622. The summed E-state index contributed by atoms with van der Waals surface area (Å²) < 4.78 is 26.3. The van der Waals surface area contributed by atoms with Crippen molar-refractivity contribution >= 4 is 73.9 Å². The second-order valence-electron chi connectivity index (χ2n) is 9.12. The zero-order chi connectivity index (χ0) is 27.3. The van der Waals surface area contributed by atoms with Crippen LogP contribution in [-0.2, 0) is 26.2 Å². The Morgan fingerprint density at radius 2 is 1.59 bits per heavy atom. The maximum atomic E-state index is 13.7. The van der Waals surface area contributed by atoms with Crippen LogP contribution in [-0.4, -0.2) is 50.0 Å². The summed E-state index contributed by atoms with van der Waals surface area (Å²) in [7, 11) is -3.98. The van der Waals surface area contributed by atoms with Gasteiger partial charge in [-0.25, -0.2) is 8.42 Å². The van der Waals surface area contributed by atoms with Gasteiger partial charge in [0.2, 0.25) is 21.8 Å². The lowest BCUT2D eigenvalue weighted by Crippen LogP contribution is -2.53. The zero-order valence-corrected chi connectivity index (χ0v) is 24.4. The topological polar surface area (TPSA) is 86.8 Å². The molecule has 2 aromatic rings. The van der Waals surface area contributed by atoms with Gasteiger partial charge >= 0.3 is 0 Å². The van der Waals surface area contributed by atoms with E-state index < -0.39 is 28.5 Å². The van der Waals surface area contributed by atoms with Crippen molar-refractivity contribution < 1.29 is 18.0 Å². The number of hydrogen-bond donors (Lipinski definition) is 1. The maximum absolute atomic E-state index is 13.7. The van der Waals surface area contributed by atoms with Gasteiger partial charge < -0.3 is 10.2 Å². The highest BCUT2D eigenvalue weighted by Crippen LogP contribution is 2.35. The number of sulfonamides is 1. The Balaban J connectivity index is 1.93. The van der Waals surface area contributed by atoms with Crippen molar-refractivity contribution in [2.24, 2.45) is 0 Å². The standard InChI is InChI=1S/C25H29Cl4N3O4S/c1-16(25(34)30-18-9-4-3-5-10-18)31(14-17-8-6-7-11-19(17)26)24(33)15-32(37(2,35)36)23-13-21(28)20(27)12-22(23)29/h6-8,11-13,16,18H,3-5,9-10,14-15H2,1-2H3,(H,30,34)/t16-/m0/s1. The Kier molecular flexibility index (Phi) is 10.4. The lowest BCUT2D eigenvalue weighted by molar-refractivity contribution is -0.139. The maximum Gasteiger partial charge on any atom is 0.244 e. The fourth-order valence-electron chi connectivity index (χ4n) is 4.26. The van der Waals surface area contributed by atoms with Gasteiger partial charge in [-0.15, -0.1) is 0 Å². The van der Waals surface area contributed by atoms with Gasteiger partial charge in [0.05, 0.1) is 27.0 Å². The highest BCUT2D eigenvalue weighted by Gasteiger charge is 2.32. The molecule has 0 unspecified atom stereocenters. The van der Waals surface area contributed by atoms with Gasteiger partial charge in [0.15, 0.2) is 0 Å². The normalized spacial score (nSPS) is 15.2. The summed E-state index contributed by atoms with van der Waals surface area (Å²) in [5.74, 6) is -0.926. The molecule has 0 aliphatic heterocycles. The van der Waals surface area contributed by atoms with Gasteiger partial charge in [-0.1, -0.05) is 83.9 Å². The fraction of sp³-hybridized carbons (Fsp3) is 0.440. The van der Waals surface area contributed by atoms with Crippen LogP contribution < -0.4 is 9.62 Å². The molecule has 3 rings (SSSR count). The molecule has 37 heavy (non-hydrogen) atoms. The molecule has 202 valence electrons. The van der Waals surface area contributed by atoms with E-state index in [1.54, 1.807) is 31.2 Å². The minimum atomic E-state index is -3.98. The zero-order valence-electron chi connectivity index (χ0n) is 20.5. The van der Waals surface area contributed by atoms with Crippen molar-refractivity contribution in [2.75, 3.05) is 17.1 Å². The van der Waals surface area contributed by atoms with E-state index in [-0.39, 0.29) is 39.2 Å². The highest BCUT2D eigenvalue weighted by molar-refractivity contribution is 7.92. The third-order valence-electron chi connectivity index (χ3n) is 6.36. The number of anilines is 1. The third kappa shape index (κ3) is 7.90. The minimum absolute atomic E-state index is 0.00363. The number of rotatable bonds is 9. The number of halogens is 4. The highest BCUT2D eigenvalue weighted by atomic mass is 35.5. The smallest absolute Gasteiger partial charge is 0.244 e. The summed E-state index contributed by atoms with van der Waals surface area (Å²) in [4.78, 5) is 28.2. The second kappa shape index (κ2) is 12.9. The Bertz CT molecular complexity index is 1250. The molecule has 12 heteroatoms. The van der Waals surface area contributed by atoms with Crippen molar-refractivity contribution in [3.05, 3.63) is 62.1 Å². The van der Waals surface area contributed by atoms with Crippen molar-refractivity contribution in [3.8, 4) is 0 Å². The van der Waals surface area contributed by atoms with Crippen LogP contribution in [0.1, 0.15) is 44.6 Å². The average molecular weight is 609 g/mol. The first-order valence-electron chi connectivity index (χ1n) is 11.8. The summed E-state index contributed by atoms with van der Waals surface area (Å²) in [6, 6.07) is 8.72. The van der Waals surface area contributed by atoms with Crippen LogP contribution in [0.5, 0.6) is 0 Å². The number of hydrogen-bond acceptors (Lipinski definition) is 4. The first-order valence-corrected chi connectivity index (χ1v) is 15.2. The number of nitrogens with one attached hydrogen (secondary N) is 1. The molecule has 1 atom stereocenters. The van der Waals surface area contributed by atoms with E-state index >= 15 is 0 Å². The SMILES string of the molecule is C[C@@H](C(=O)NC1CCCCC1)N(Cc1ccccc1Cl)C(=O)CN(c1cc(Cl)c(Cl)cc1Cl)S(C)(=O)=O. The lowest BCUT2D eigenvalue weighted by Gasteiger charge is -2.33. The lowest BCUT2D eigenvalue weighted by atomic mass is 9.95. The molecule has 1 saturated carbocycles. The molecule has 0 spiro atoms. The Morgan fingerprint density at radius 3 is 2.22 bits per heavy atom. The molecule has 0 aromatic heterocycles. The van der Waals surface area contributed by atoms with Gasteiger partial charge in [0, 0.05) is 17.6 Å². The van der Waals surface area contributed by atoms with Crippen LogP contribution in [0.4, 0.5) is 5.69 Å². The van der Waals surface area contributed by atoms with E-state index in [2.05, 4.69) is 5.32 Å². The molecule has 7 nitrogen and oxygen atoms in total. The van der Waals surface area contributed by atoms with Crippen LogP contribution >= 0.6 is 46.4 Å². The van der Waals surface area contributed by atoms with Crippen LogP contribution in [0.2, 0.25) is 20.1 Å². The van der Waals surface area contributed by atoms with Gasteiger partial charge in [0.25, 0.3) is 0 Å². The predicted molar refractivity (Wildman–Crippen MR) is 150 cm³/mol. The molecule has 0 saturated heterocycles. The molecule has 2 amide bonds. The van der Waals surface area contributed by atoms with Crippen LogP contribution in [0, 0.1) is 0 Å².